The van der Waals surface area contributed by atoms with Crippen molar-refractivity contribution < 1.29 is 4.39 Å². The standard InChI is InChI=1S/C13H13FN2/c1-10-5-13(9-15-7-10)16-8-11-3-2-4-12(14)6-11/h2-7,9,16H,8H2,1H3. The van der Waals surface area contributed by atoms with Gasteiger partial charge in [-0.2, -0.15) is 0 Å². The van der Waals surface area contributed by atoms with E-state index in [0.717, 1.165) is 16.8 Å². The van der Waals surface area contributed by atoms with Crippen LogP contribution in [0, 0.1) is 12.7 Å². The fourth-order valence-electron chi connectivity index (χ4n) is 1.50. The van der Waals surface area contributed by atoms with Crippen LogP contribution in [0.5, 0.6) is 0 Å². The molecule has 2 nitrogen and oxygen atoms in total. The molecular formula is C13H13FN2. The number of anilines is 1. The van der Waals surface area contributed by atoms with Gasteiger partial charge in [0.1, 0.15) is 5.82 Å². The van der Waals surface area contributed by atoms with E-state index < -0.39 is 0 Å². The Balaban J connectivity index is 2.02. The molecule has 1 aromatic carbocycles. The highest BCUT2D eigenvalue weighted by Crippen LogP contribution is 2.10. The molecule has 82 valence electrons. The molecule has 2 rings (SSSR count). The third-order valence-electron chi connectivity index (χ3n) is 2.26. The van der Waals surface area contributed by atoms with E-state index in [9.17, 15) is 4.39 Å². The van der Waals surface area contributed by atoms with Crippen molar-refractivity contribution in [1.82, 2.24) is 4.98 Å². The van der Waals surface area contributed by atoms with Crippen molar-refractivity contribution in [1.29, 1.82) is 0 Å². The fraction of sp³-hybridized carbons (Fsp3) is 0.154. The molecule has 0 radical (unpaired) electrons. The molecule has 3 heteroatoms. The lowest BCUT2D eigenvalue weighted by Gasteiger charge is -2.06. The van der Waals surface area contributed by atoms with Gasteiger partial charge < -0.3 is 5.32 Å². The van der Waals surface area contributed by atoms with Crippen LogP contribution >= 0.6 is 0 Å². The summed E-state index contributed by atoms with van der Waals surface area (Å²) in [6.07, 6.45) is 3.56. The first-order valence-corrected chi connectivity index (χ1v) is 5.14. The number of nitrogens with one attached hydrogen (secondary N) is 1. The fourth-order valence-corrected chi connectivity index (χ4v) is 1.50. The summed E-state index contributed by atoms with van der Waals surface area (Å²) < 4.78 is 12.9. The summed E-state index contributed by atoms with van der Waals surface area (Å²) in [6.45, 7) is 2.59. The van der Waals surface area contributed by atoms with Crippen LogP contribution in [-0.2, 0) is 6.54 Å². The Labute approximate surface area is 94.2 Å². The minimum Gasteiger partial charge on any atom is -0.380 e. The average molecular weight is 216 g/mol. The van der Waals surface area contributed by atoms with Gasteiger partial charge in [-0.15, -0.1) is 0 Å². The highest BCUT2D eigenvalue weighted by atomic mass is 19.1. The van der Waals surface area contributed by atoms with Crippen LogP contribution in [0.4, 0.5) is 10.1 Å². The van der Waals surface area contributed by atoms with Gasteiger partial charge in [0.15, 0.2) is 0 Å². The molecule has 1 heterocycles. The van der Waals surface area contributed by atoms with E-state index in [1.165, 1.54) is 12.1 Å². The van der Waals surface area contributed by atoms with Crippen LogP contribution < -0.4 is 5.32 Å². The van der Waals surface area contributed by atoms with Gasteiger partial charge >= 0.3 is 0 Å². The summed E-state index contributed by atoms with van der Waals surface area (Å²) in [6, 6.07) is 8.57. The van der Waals surface area contributed by atoms with Crippen molar-refractivity contribution in [2.45, 2.75) is 13.5 Å². The smallest absolute Gasteiger partial charge is 0.123 e. The highest BCUT2D eigenvalue weighted by Gasteiger charge is 1.96. The van der Waals surface area contributed by atoms with E-state index in [2.05, 4.69) is 10.3 Å². The molecule has 0 saturated carbocycles. The lowest BCUT2D eigenvalue weighted by molar-refractivity contribution is 0.626. The molecule has 0 fully saturated rings. The summed E-state index contributed by atoms with van der Waals surface area (Å²) >= 11 is 0. The van der Waals surface area contributed by atoms with Crippen LogP contribution in [0.25, 0.3) is 0 Å². The zero-order valence-electron chi connectivity index (χ0n) is 9.07. The first-order valence-electron chi connectivity index (χ1n) is 5.14. The second-order valence-electron chi connectivity index (χ2n) is 3.73. The lowest BCUT2D eigenvalue weighted by atomic mass is 10.2. The molecular weight excluding hydrogens is 203 g/mol. The molecule has 0 atom stereocenters. The number of aryl methyl sites for hydroxylation is 1. The van der Waals surface area contributed by atoms with Gasteiger partial charge in [0.05, 0.1) is 5.69 Å². The molecule has 0 bridgehead atoms. The predicted octanol–water partition coefficient (Wildman–Crippen LogP) is 3.14. The molecule has 1 aromatic heterocycles. The van der Waals surface area contributed by atoms with Crippen molar-refractivity contribution in [3.05, 3.63) is 59.7 Å². The summed E-state index contributed by atoms with van der Waals surface area (Å²) in [4.78, 5) is 4.08. The maximum absolute atomic E-state index is 12.9. The van der Waals surface area contributed by atoms with E-state index in [0.29, 0.717) is 6.54 Å². The van der Waals surface area contributed by atoms with Crippen LogP contribution in [0.3, 0.4) is 0 Å². The van der Waals surface area contributed by atoms with Crippen molar-refractivity contribution in [3.8, 4) is 0 Å². The number of aromatic nitrogens is 1. The molecule has 16 heavy (non-hydrogen) atoms. The summed E-state index contributed by atoms with van der Waals surface area (Å²) in [5.41, 5.74) is 2.97. The Hall–Kier alpha value is -1.90. The zero-order valence-corrected chi connectivity index (χ0v) is 9.07. The van der Waals surface area contributed by atoms with Crippen molar-refractivity contribution in [2.75, 3.05) is 5.32 Å². The molecule has 1 N–H and O–H groups in total. The second-order valence-corrected chi connectivity index (χ2v) is 3.73. The van der Waals surface area contributed by atoms with Crippen LogP contribution in [0.2, 0.25) is 0 Å². The summed E-state index contributed by atoms with van der Waals surface area (Å²) in [5, 5.41) is 3.20. The van der Waals surface area contributed by atoms with Crippen LogP contribution in [0.1, 0.15) is 11.1 Å². The number of nitrogens with zero attached hydrogens (tertiary/aromatic N) is 1. The van der Waals surface area contributed by atoms with Crippen LogP contribution in [0.15, 0.2) is 42.7 Å². The third-order valence-corrected chi connectivity index (χ3v) is 2.26. The van der Waals surface area contributed by atoms with E-state index in [1.54, 1.807) is 18.5 Å². The maximum atomic E-state index is 12.9. The Bertz CT molecular complexity index is 437. The largest absolute Gasteiger partial charge is 0.380 e. The van der Waals surface area contributed by atoms with Gasteiger partial charge in [-0.3, -0.25) is 4.98 Å². The normalized spacial score (nSPS) is 10.1. The Kier molecular flexibility index (Phi) is 3.15. The minimum absolute atomic E-state index is 0.207. The molecule has 0 saturated heterocycles. The Morgan fingerprint density at radius 3 is 2.88 bits per heavy atom. The number of benzene rings is 1. The molecule has 0 amide bonds. The zero-order chi connectivity index (χ0) is 11.4. The first-order chi connectivity index (χ1) is 7.74. The first kappa shape index (κ1) is 10.6. The number of halogens is 1. The number of pyridine rings is 1. The van der Waals surface area contributed by atoms with E-state index in [-0.39, 0.29) is 5.82 Å². The van der Waals surface area contributed by atoms with Gasteiger partial charge in [0.2, 0.25) is 0 Å². The van der Waals surface area contributed by atoms with E-state index in [4.69, 9.17) is 0 Å². The highest BCUT2D eigenvalue weighted by molar-refractivity contribution is 5.43. The van der Waals surface area contributed by atoms with Crippen molar-refractivity contribution in [2.24, 2.45) is 0 Å². The lowest BCUT2D eigenvalue weighted by Crippen LogP contribution is -2.00. The van der Waals surface area contributed by atoms with Gasteiger partial charge in [-0.05, 0) is 36.2 Å². The third kappa shape index (κ3) is 2.79. The number of hydrogen-bond acceptors (Lipinski definition) is 2. The van der Waals surface area contributed by atoms with Gasteiger partial charge in [0.25, 0.3) is 0 Å². The topological polar surface area (TPSA) is 24.9 Å². The Morgan fingerprint density at radius 2 is 2.12 bits per heavy atom. The monoisotopic (exact) mass is 216 g/mol. The number of rotatable bonds is 3. The predicted molar refractivity (Wildman–Crippen MR) is 62.7 cm³/mol. The van der Waals surface area contributed by atoms with Crippen molar-refractivity contribution in [3.63, 3.8) is 0 Å². The summed E-state index contributed by atoms with van der Waals surface area (Å²) in [7, 11) is 0. The average Bonchev–Trinajstić information content (AvgIpc) is 2.27. The molecule has 0 unspecified atom stereocenters. The van der Waals surface area contributed by atoms with E-state index >= 15 is 0 Å². The van der Waals surface area contributed by atoms with Gasteiger partial charge in [-0.25, -0.2) is 4.39 Å². The molecule has 2 aromatic rings. The molecule has 0 aliphatic rings. The SMILES string of the molecule is Cc1cncc(NCc2cccc(F)c2)c1. The maximum Gasteiger partial charge on any atom is 0.123 e. The number of hydrogen-bond donors (Lipinski definition) is 1. The molecule has 0 spiro atoms. The second kappa shape index (κ2) is 4.75. The van der Waals surface area contributed by atoms with E-state index in [1.807, 2.05) is 19.1 Å². The Morgan fingerprint density at radius 1 is 1.25 bits per heavy atom. The molecule has 0 aliphatic heterocycles. The van der Waals surface area contributed by atoms with Crippen LogP contribution in [-0.4, -0.2) is 4.98 Å². The minimum atomic E-state index is -0.207. The van der Waals surface area contributed by atoms with Gasteiger partial charge in [-0.1, -0.05) is 12.1 Å². The molecule has 0 aliphatic carbocycles. The van der Waals surface area contributed by atoms with Gasteiger partial charge in [0, 0.05) is 18.9 Å². The van der Waals surface area contributed by atoms with Crippen molar-refractivity contribution >= 4 is 5.69 Å². The summed E-state index contributed by atoms with van der Waals surface area (Å²) in [5.74, 6) is -0.207. The quantitative estimate of drug-likeness (QED) is 0.852.